The third-order valence-corrected chi connectivity index (χ3v) is 4.81. The number of para-hydroxylation sites is 1. The van der Waals surface area contributed by atoms with Gasteiger partial charge in [-0.1, -0.05) is 51.3 Å². The van der Waals surface area contributed by atoms with Crippen molar-refractivity contribution in [2.75, 3.05) is 33.2 Å². The Kier molecular flexibility index (Phi) is 8.34. The van der Waals surface area contributed by atoms with Gasteiger partial charge >= 0.3 is 0 Å². The summed E-state index contributed by atoms with van der Waals surface area (Å²) in [5, 5.41) is 1.20. The van der Waals surface area contributed by atoms with Crippen molar-refractivity contribution in [2.24, 2.45) is 0 Å². The zero-order valence-electron chi connectivity index (χ0n) is 15.8. The first-order chi connectivity index (χ1) is 11.7. The summed E-state index contributed by atoms with van der Waals surface area (Å²) in [5.41, 5.74) is 0.995. The minimum atomic E-state index is 0.899. The molecule has 0 spiro atoms. The Balaban J connectivity index is 1.56. The van der Waals surface area contributed by atoms with Crippen LogP contribution in [0.2, 0.25) is 0 Å². The second-order valence-electron chi connectivity index (χ2n) is 6.78. The number of nitrogens with zero attached hydrogens (tertiary/aromatic N) is 2. The molecule has 0 bridgehead atoms. The molecule has 24 heavy (non-hydrogen) atoms. The van der Waals surface area contributed by atoms with E-state index in [0.29, 0.717) is 0 Å². The average Bonchev–Trinajstić information content (AvgIpc) is 2.99. The fourth-order valence-electron chi connectivity index (χ4n) is 3.25. The summed E-state index contributed by atoms with van der Waals surface area (Å²) in [7, 11) is 2.19. The van der Waals surface area contributed by atoms with E-state index in [0.717, 1.165) is 24.4 Å². The Hall–Kier alpha value is -1.32. The highest BCUT2D eigenvalue weighted by Gasteiger charge is 2.06. The van der Waals surface area contributed by atoms with E-state index >= 15 is 0 Å². The number of fused-ring (bicyclic) bond motifs is 1. The summed E-state index contributed by atoms with van der Waals surface area (Å²) in [6, 6.07) is 10.4. The normalized spacial score (nSPS) is 11.9. The molecule has 0 saturated carbocycles. The van der Waals surface area contributed by atoms with Crippen molar-refractivity contribution >= 4 is 11.0 Å². The van der Waals surface area contributed by atoms with Crippen LogP contribution in [0, 0.1) is 0 Å². The first-order valence-electron chi connectivity index (χ1n) is 9.61. The maximum Gasteiger partial charge on any atom is 0.134 e. The van der Waals surface area contributed by atoms with Crippen molar-refractivity contribution in [3.05, 3.63) is 36.1 Å². The number of benzene rings is 1. The molecule has 0 amide bonds. The van der Waals surface area contributed by atoms with Crippen LogP contribution in [0.15, 0.2) is 34.7 Å². The minimum absolute atomic E-state index is 0.899. The van der Waals surface area contributed by atoms with Crippen LogP contribution in [-0.2, 0) is 6.54 Å². The molecule has 0 atom stereocenters. The Morgan fingerprint density at radius 2 is 1.54 bits per heavy atom. The smallest absolute Gasteiger partial charge is 0.134 e. The lowest BCUT2D eigenvalue weighted by atomic mass is 10.1. The molecule has 0 aliphatic rings. The predicted molar refractivity (Wildman–Crippen MR) is 103 cm³/mol. The van der Waals surface area contributed by atoms with E-state index in [-0.39, 0.29) is 0 Å². The molecule has 2 aromatic rings. The van der Waals surface area contributed by atoms with Gasteiger partial charge in [0.25, 0.3) is 0 Å². The van der Waals surface area contributed by atoms with Crippen LogP contribution in [0.1, 0.15) is 51.7 Å². The van der Waals surface area contributed by atoms with Gasteiger partial charge < -0.3 is 9.32 Å². The summed E-state index contributed by atoms with van der Waals surface area (Å²) in [6.45, 7) is 10.2. The average molecular weight is 331 g/mol. The van der Waals surface area contributed by atoms with E-state index in [4.69, 9.17) is 4.42 Å². The van der Waals surface area contributed by atoms with Crippen molar-refractivity contribution in [1.29, 1.82) is 0 Å². The van der Waals surface area contributed by atoms with Crippen molar-refractivity contribution in [1.82, 2.24) is 9.80 Å². The van der Waals surface area contributed by atoms with Gasteiger partial charge in [-0.2, -0.15) is 0 Å². The van der Waals surface area contributed by atoms with Gasteiger partial charge in [0.2, 0.25) is 0 Å². The van der Waals surface area contributed by atoms with Crippen LogP contribution in [0.5, 0.6) is 0 Å². The molecular weight excluding hydrogens is 296 g/mol. The molecule has 0 saturated heterocycles. The monoisotopic (exact) mass is 330 g/mol. The number of hydrogen-bond donors (Lipinski definition) is 0. The maximum absolute atomic E-state index is 5.90. The molecule has 3 nitrogen and oxygen atoms in total. The van der Waals surface area contributed by atoms with Crippen LogP contribution >= 0.6 is 0 Å². The predicted octanol–water partition coefficient (Wildman–Crippen LogP) is 5.16. The number of unbranched alkanes of at least 4 members (excludes halogenated alkanes) is 4. The highest BCUT2D eigenvalue weighted by Crippen LogP contribution is 2.19. The number of rotatable bonds is 12. The lowest BCUT2D eigenvalue weighted by Crippen LogP contribution is -2.23. The fraction of sp³-hybridized carbons (Fsp3) is 0.619. The Labute approximate surface area is 147 Å². The molecule has 1 aromatic heterocycles. The molecule has 0 aliphatic carbocycles. The molecule has 1 heterocycles. The van der Waals surface area contributed by atoms with E-state index in [1.165, 1.54) is 57.1 Å². The summed E-state index contributed by atoms with van der Waals surface area (Å²) in [5.74, 6) is 1.07. The molecular formula is C21H34N2O. The van der Waals surface area contributed by atoms with Crippen LogP contribution in [0.3, 0.4) is 0 Å². The lowest BCUT2D eigenvalue weighted by molar-refractivity contribution is 0.285. The van der Waals surface area contributed by atoms with Crippen LogP contribution in [-0.4, -0.2) is 43.0 Å². The van der Waals surface area contributed by atoms with Gasteiger partial charge in [0.05, 0.1) is 6.54 Å². The first-order valence-corrected chi connectivity index (χ1v) is 9.61. The Bertz CT molecular complexity index is 541. The second-order valence-corrected chi connectivity index (χ2v) is 6.78. The molecule has 0 unspecified atom stereocenters. The SMILES string of the molecule is CCN(CC)CCCCCCCN(C)Cc1cc2ccccc2o1. The first kappa shape index (κ1) is 19.0. The standard InChI is InChI=1S/C21H34N2O/c1-4-23(5-2)16-12-8-6-7-11-15-22(3)18-20-17-19-13-9-10-14-21(19)24-20/h9-10,13-14,17H,4-8,11-12,15-16,18H2,1-3H3. The van der Waals surface area contributed by atoms with Gasteiger partial charge in [-0.15, -0.1) is 0 Å². The Morgan fingerprint density at radius 3 is 2.25 bits per heavy atom. The summed E-state index contributed by atoms with van der Waals surface area (Å²) >= 11 is 0. The minimum Gasteiger partial charge on any atom is -0.460 e. The second kappa shape index (κ2) is 10.5. The maximum atomic E-state index is 5.90. The molecule has 0 aliphatic heterocycles. The number of furan rings is 1. The topological polar surface area (TPSA) is 19.6 Å². The van der Waals surface area contributed by atoms with Gasteiger partial charge in [0.1, 0.15) is 11.3 Å². The van der Waals surface area contributed by atoms with E-state index < -0.39 is 0 Å². The van der Waals surface area contributed by atoms with E-state index in [1.807, 2.05) is 12.1 Å². The van der Waals surface area contributed by atoms with Gasteiger partial charge in [-0.25, -0.2) is 0 Å². The summed E-state index contributed by atoms with van der Waals surface area (Å²) < 4.78 is 5.90. The van der Waals surface area contributed by atoms with Gasteiger partial charge in [0, 0.05) is 5.39 Å². The molecule has 1 aromatic carbocycles. The number of hydrogen-bond acceptors (Lipinski definition) is 3. The molecule has 0 fully saturated rings. The van der Waals surface area contributed by atoms with E-state index in [2.05, 4.69) is 48.9 Å². The quantitative estimate of drug-likeness (QED) is 0.501. The zero-order valence-corrected chi connectivity index (χ0v) is 15.8. The molecule has 0 N–H and O–H groups in total. The molecule has 0 radical (unpaired) electrons. The Morgan fingerprint density at radius 1 is 0.875 bits per heavy atom. The highest BCUT2D eigenvalue weighted by atomic mass is 16.3. The van der Waals surface area contributed by atoms with Crippen molar-refractivity contribution < 1.29 is 4.42 Å². The largest absolute Gasteiger partial charge is 0.460 e. The molecule has 3 heteroatoms. The van der Waals surface area contributed by atoms with Crippen molar-refractivity contribution in [2.45, 2.75) is 52.5 Å². The highest BCUT2D eigenvalue weighted by molar-refractivity contribution is 5.77. The van der Waals surface area contributed by atoms with Crippen LogP contribution < -0.4 is 0 Å². The zero-order chi connectivity index (χ0) is 17.2. The summed E-state index contributed by atoms with van der Waals surface area (Å²) in [4.78, 5) is 4.88. The third-order valence-electron chi connectivity index (χ3n) is 4.81. The lowest BCUT2D eigenvalue weighted by Gasteiger charge is -2.17. The fourth-order valence-corrected chi connectivity index (χ4v) is 3.25. The summed E-state index contributed by atoms with van der Waals surface area (Å²) in [6.07, 6.45) is 6.69. The van der Waals surface area contributed by atoms with Gasteiger partial charge in [-0.3, -0.25) is 4.90 Å². The van der Waals surface area contributed by atoms with Crippen molar-refractivity contribution in [3.63, 3.8) is 0 Å². The van der Waals surface area contributed by atoms with Gasteiger partial charge in [-0.05, 0) is 58.2 Å². The third kappa shape index (κ3) is 6.29. The van der Waals surface area contributed by atoms with E-state index in [1.54, 1.807) is 0 Å². The molecule has 2 rings (SSSR count). The van der Waals surface area contributed by atoms with Crippen LogP contribution in [0.4, 0.5) is 0 Å². The molecule has 134 valence electrons. The van der Waals surface area contributed by atoms with Crippen molar-refractivity contribution in [3.8, 4) is 0 Å². The van der Waals surface area contributed by atoms with Gasteiger partial charge in [0.15, 0.2) is 0 Å². The van der Waals surface area contributed by atoms with Crippen LogP contribution in [0.25, 0.3) is 11.0 Å². The van der Waals surface area contributed by atoms with E-state index in [9.17, 15) is 0 Å².